The topological polar surface area (TPSA) is 41.3 Å². The fourth-order valence-corrected chi connectivity index (χ4v) is 3.20. The Morgan fingerprint density at radius 3 is 2.65 bits per heavy atom. The van der Waals surface area contributed by atoms with E-state index in [0.717, 1.165) is 26.2 Å². The Kier molecular flexibility index (Phi) is 5.86. The van der Waals surface area contributed by atoms with E-state index in [9.17, 15) is 0 Å². The van der Waals surface area contributed by atoms with Crippen LogP contribution in [0.4, 0.5) is 5.69 Å². The second-order valence-electron chi connectivity index (χ2n) is 5.80. The molecule has 1 saturated carbocycles. The van der Waals surface area contributed by atoms with E-state index in [1.54, 1.807) is 0 Å². The Labute approximate surface area is 123 Å². The van der Waals surface area contributed by atoms with Gasteiger partial charge in [0.05, 0.1) is 0 Å². The highest BCUT2D eigenvalue weighted by Gasteiger charge is 2.26. The van der Waals surface area contributed by atoms with Crippen LogP contribution in [-0.4, -0.2) is 30.6 Å². The molecule has 0 bridgehead atoms. The molecule has 3 N–H and O–H groups in total. The molecule has 1 aromatic carbocycles. The summed E-state index contributed by atoms with van der Waals surface area (Å²) in [4.78, 5) is 2.45. The lowest BCUT2D eigenvalue weighted by molar-refractivity contribution is 0.296. The number of rotatable bonds is 7. The lowest BCUT2D eigenvalue weighted by Crippen LogP contribution is -2.30. The van der Waals surface area contributed by atoms with Crippen LogP contribution in [0.15, 0.2) is 24.3 Å². The molecule has 1 fully saturated rings. The van der Waals surface area contributed by atoms with Crippen LogP contribution in [0.2, 0.25) is 0 Å². The van der Waals surface area contributed by atoms with Gasteiger partial charge in [-0.2, -0.15) is 0 Å². The lowest BCUT2D eigenvalue weighted by Gasteiger charge is -2.25. The standard InChI is InChI=1S/C17H29N3/c1-3-20(4-2)13-15-8-5-6-10-17(15)19-16-11-7-9-14(16)12-18/h5-6,8,10,14,16,19H,3-4,7,9,11-13,18H2,1-2H3. The first-order valence-corrected chi connectivity index (χ1v) is 8.05. The van der Waals surface area contributed by atoms with Gasteiger partial charge in [0.2, 0.25) is 0 Å². The van der Waals surface area contributed by atoms with Gasteiger partial charge in [0, 0.05) is 18.3 Å². The van der Waals surface area contributed by atoms with Gasteiger partial charge in [0.1, 0.15) is 0 Å². The van der Waals surface area contributed by atoms with E-state index in [-0.39, 0.29) is 0 Å². The highest BCUT2D eigenvalue weighted by Crippen LogP contribution is 2.29. The maximum Gasteiger partial charge on any atom is 0.0388 e. The number of hydrogen-bond acceptors (Lipinski definition) is 3. The molecule has 0 radical (unpaired) electrons. The smallest absolute Gasteiger partial charge is 0.0388 e. The van der Waals surface area contributed by atoms with Crippen molar-refractivity contribution in [1.82, 2.24) is 4.90 Å². The number of nitrogens with zero attached hydrogens (tertiary/aromatic N) is 1. The van der Waals surface area contributed by atoms with Crippen molar-refractivity contribution in [3.05, 3.63) is 29.8 Å². The van der Waals surface area contributed by atoms with Gasteiger partial charge in [0.15, 0.2) is 0 Å². The molecule has 2 rings (SSSR count). The van der Waals surface area contributed by atoms with Crippen LogP contribution in [-0.2, 0) is 6.54 Å². The summed E-state index contributed by atoms with van der Waals surface area (Å²) in [5.41, 5.74) is 8.59. The van der Waals surface area contributed by atoms with Crippen LogP contribution in [0.1, 0.15) is 38.7 Å². The van der Waals surface area contributed by atoms with Crippen molar-refractivity contribution in [2.24, 2.45) is 11.7 Å². The van der Waals surface area contributed by atoms with Gasteiger partial charge in [-0.25, -0.2) is 0 Å². The second-order valence-corrected chi connectivity index (χ2v) is 5.80. The number of nitrogens with one attached hydrogen (secondary N) is 1. The normalized spacial score (nSPS) is 22.4. The summed E-state index contributed by atoms with van der Waals surface area (Å²) in [6, 6.07) is 9.27. The monoisotopic (exact) mass is 275 g/mol. The van der Waals surface area contributed by atoms with Crippen molar-refractivity contribution in [2.45, 2.75) is 45.7 Å². The number of hydrogen-bond donors (Lipinski definition) is 2. The van der Waals surface area contributed by atoms with E-state index in [4.69, 9.17) is 5.73 Å². The average Bonchev–Trinajstić information content (AvgIpc) is 2.93. The lowest BCUT2D eigenvalue weighted by atomic mass is 10.0. The Balaban J connectivity index is 2.07. The molecular formula is C17H29N3. The summed E-state index contributed by atoms with van der Waals surface area (Å²) in [6.45, 7) is 8.47. The van der Waals surface area contributed by atoms with E-state index in [1.807, 2.05) is 0 Å². The SMILES string of the molecule is CCN(CC)Cc1ccccc1NC1CCCC1CN. The minimum Gasteiger partial charge on any atom is -0.382 e. The summed E-state index contributed by atoms with van der Waals surface area (Å²) >= 11 is 0. The molecule has 20 heavy (non-hydrogen) atoms. The van der Waals surface area contributed by atoms with Crippen LogP contribution in [0, 0.1) is 5.92 Å². The Hall–Kier alpha value is -1.06. The van der Waals surface area contributed by atoms with E-state index in [2.05, 4.69) is 48.3 Å². The molecule has 0 amide bonds. The molecule has 0 aliphatic heterocycles. The van der Waals surface area contributed by atoms with Crippen molar-refractivity contribution >= 4 is 5.69 Å². The zero-order valence-corrected chi connectivity index (χ0v) is 12.9. The van der Waals surface area contributed by atoms with Crippen molar-refractivity contribution in [2.75, 3.05) is 25.0 Å². The predicted octanol–water partition coefficient (Wildman–Crippen LogP) is 3.07. The third kappa shape index (κ3) is 3.74. The predicted molar refractivity (Wildman–Crippen MR) is 86.9 cm³/mol. The van der Waals surface area contributed by atoms with E-state index >= 15 is 0 Å². The largest absolute Gasteiger partial charge is 0.382 e. The van der Waals surface area contributed by atoms with E-state index in [1.165, 1.54) is 30.5 Å². The highest BCUT2D eigenvalue weighted by atomic mass is 15.1. The summed E-state index contributed by atoms with van der Waals surface area (Å²) < 4.78 is 0. The molecule has 0 aromatic heterocycles. The summed E-state index contributed by atoms with van der Waals surface area (Å²) in [5.74, 6) is 0.636. The third-order valence-corrected chi connectivity index (χ3v) is 4.61. The van der Waals surface area contributed by atoms with Gasteiger partial charge in [-0.3, -0.25) is 4.90 Å². The zero-order chi connectivity index (χ0) is 14.4. The van der Waals surface area contributed by atoms with Crippen LogP contribution >= 0.6 is 0 Å². The summed E-state index contributed by atoms with van der Waals surface area (Å²) in [6.07, 6.45) is 3.82. The molecular weight excluding hydrogens is 246 g/mol. The van der Waals surface area contributed by atoms with Crippen molar-refractivity contribution in [3.63, 3.8) is 0 Å². The van der Waals surface area contributed by atoms with E-state index in [0.29, 0.717) is 12.0 Å². The molecule has 3 nitrogen and oxygen atoms in total. The molecule has 2 unspecified atom stereocenters. The first-order chi connectivity index (χ1) is 9.78. The zero-order valence-electron chi connectivity index (χ0n) is 12.9. The molecule has 2 atom stereocenters. The molecule has 1 aliphatic rings. The van der Waals surface area contributed by atoms with Gasteiger partial charge in [-0.1, -0.05) is 38.5 Å². The molecule has 1 aliphatic carbocycles. The minimum atomic E-state index is 0.554. The fraction of sp³-hybridized carbons (Fsp3) is 0.647. The molecule has 1 aromatic rings. The summed E-state index contributed by atoms with van der Waals surface area (Å²) in [5, 5.41) is 3.76. The second kappa shape index (κ2) is 7.65. The first kappa shape index (κ1) is 15.3. The van der Waals surface area contributed by atoms with Gasteiger partial charge in [-0.15, -0.1) is 0 Å². The summed E-state index contributed by atoms with van der Waals surface area (Å²) in [7, 11) is 0. The molecule has 3 heteroatoms. The van der Waals surface area contributed by atoms with Gasteiger partial charge in [-0.05, 0) is 50.0 Å². The highest BCUT2D eigenvalue weighted by molar-refractivity contribution is 5.52. The Morgan fingerprint density at radius 1 is 1.20 bits per heavy atom. The number of para-hydroxylation sites is 1. The third-order valence-electron chi connectivity index (χ3n) is 4.61. The first-order valence-electron chi connectivity index (χ1n) is 8.05. The van der Waals surface area contributed by atoms with Crippen LogP contribution < -0.4 is 11.1 Å². The Bertz CT molecular complexity index is 401. The average molecular weight is 275 g/mol. The number of benzene rings is 1. The number of nitrogens with two attached hydrogens (primary N) is 1. The van der Waals surface area contributed by atoms with Crippen molar-refractivity contribution < 1.29 is 0 Å². The van der Waals surface area contributed by atoms with Crippen LogP contribution in [0.25, 0.3) is 0 Å². The quantitative estimate of drug-likeness (QED) is 0.803. The molecule has 0 heterocycles. The Morgan fingerprint density at radius 2 is 1.95 bits per heavy atom. The number of anilines is 1. The maximum absolute atomic E-state index is 5.89. The minimum absolute atomic E-state index is 0.554. The van der Waals surface area contributed by atoms with E-state index < -0.39 is 0 Å². The van der Waals surface area contributed by atoms with Gasteiger partial charge in [0.25, 0.3) is 0 Å². The molecule has 0 spiro atoms. The molecule has 0 saturated heterocycles. The van der Waals surface area contributed by atoms with Gasteiger partial charge >= 0.3 is 0 Å². The van der Waals surface area contributed by atoms with Crippen LogP contribution in [0.3, 0.4) is 0 Å². The van der Waals surface area contributed by atoms with Gasteiger partial charge < -0.3 is 11.1 Å². The fourth-order valence-electron chi connectivity index (χ4n) is 3.20. The maximum atomic E-state index is 5.89. The van der Waals surface area contributed by atoms with Crippen LogP contribution in [0.5, 0.6) is 0 Å². The van der Waals surface area contributed by atoms with Crippen molar-refractivity contribution in [1.29, 1.82) is 0 Å². The van der Waals surface area contributed by atoms with Crippen molar-refractivity contribution in [3.8, 4) is 0 Å². The molecule has 112 valence electrons.